The van der Waals surface area contributed by atoms with Crippen LogP contribution in [0.1, 0.15) is 6.92 Å². The van der Waals surface area contributed by atoms with E-state index in [2.05, 4.69) is 9.97 Å². The SMILES string of the molecule is CC1(Sc2ccncc2)C=C(C(Sc2ccncc2)C(F)(F)F)C(=O)O1. The van der Waals surface area contributed by atoms with Crippen molar-refractivity contribution in [3.8, 4) is 0 Å². The Morgan fingerprint density at radius 2 is 1.58 bits per heavy atom. The van der Waals surface area contributed by atoms with Gasteiger partial charge in [-0.05, 0) is 37.3 Å². The third-order valence-corrected chi connectivity index (χ3v) is 5.82. The molecule has 1 aliphatic rings. The average molecular weight is 398 g/mol. The van der Waals surface area contributed by atoms with E-state index in [1.807, 2.05) is 0 Å². The number of hydrogen-bond acceptors (Lipinski definition) is 6. The maximum Gasteiger partial charge on any atom is 0.405 e. The van der Waals surface area contributed by atoms with Crippen LogP contribution in [0.25, 0.3) is 0 Å². The van der Waals surface area contributed by atoms with Crippen LogP contribution in [0.2, 0.25) is 0 Å². The zero-order valence-corrected chi connectivity index (χ0v) is 15.1. The van der Waals surface area contributed by atoms with Crippen molar-refractivity contribution >= 4 is 29.5 Å². The fourth-order valence-electron chi connectivity index (χ4n) is 2.35. The predicted octanol–water partition coefficient (Wildman–Crippen LogP) is 4.49. The van der Waals surface area contributed by atoms with Gasteiger partial charge in [-0.3, -0.25) is 9.97 Å². The summed E-state index contributed by atoms with van der Waals surface area (Å²) in [5.41, 5.74) is -0.400. The Morgan fingerprint density at radius 1 is 1.04 bits per heavy atom. The number of aromatic nitrogens is 2. The summed E-state index contributed by atoms with van der Waals surface area (Å²) in [6, 6.07) is 6.33. The van der Waals surface area contributed by atoms with Crippen molar-refractivity contribution < 1.29 is 22.7 Å². The molecule has 26 heavy (non-hydrogen) atoms. The molecule has 0 saturated carbocycles. The lowest BCUT2D eigenvalue weighted by atomic mass is 10.1. The lowest BCUT2D eigenvalue weighted by molar-refractivity contribution is -0.145. The Morgan fingerprint density at radius 3 is 2.12 bits per heavy atom. The van der Waals surface area contributed by atoms with Crippen LogP contribution in [-0.4, -0.2) is 32.3 Å². The van der Waals surface area contributed by atoms with Crippen molar-refractivity contribution in [2.45, 2.75) is 33.1 Å². The maximum atomic E-state index is 13.6. The van der Waals surface area contributed by atoms with Crippen molar-refractivity contribution in [1.82, 2.24) is 9.97 Å². The van der Waals surface area contributed by atoms with Crippen LogP contribution in [0.5, 0.6) is 0 Å². The van der Waals surface area contributed by atoms with Crippen molar-refractivity contribution in [1.29, 1.82) is 0 Å². The molecular formula is C17H13F3N2O2S2. The molecule has 0 bridgehead atoms. The van der Waals surface area contributed by atoms with Crippen LogP contribution in [0.3, 0.4) is 0 Å². The molecule has 2 atom stereocenters. The molecule has 0 saturated heterocycles. The molecule has 3 rings (SSSR count). The summed E-state index contributed by atoms with van der Waals surface area (Å²) in [5.74, 6) is -0.960. The highest BCUT2D eigenvalue weighted by molar-refractivity contribution is 8.01. The van der Waals surface area contributed by atoms with E-state index in [0.29, 0.717) is 16.7 Å². The normalized spacial score (nSPS) is 21.2. The van der Waals surface area contributed by atoms with Crippen LogP contribution in [0, 0.1) is 0 Å². The zero-order chi connectivity index (χ0) is 18.8. The summed E-state index contributed by atoms with van der Waals surface area (Å²) in [6.45, 7) is 1.56. The first-order valence-electron chi connectivity index (χ1n) is 7.45. The molecule has 2 aromatic heterocycles. The van der Waals surface area contributed by atoms with Gasteiger partial charge in [-0.25, -0.2) is 4.79 Å². The van der Waals surface area contributed by atoms with Crippen molar-refractivity contribution in [3.05, 3.63) is 60.7 Å². The maximum absolute atomic E-state index is 13.6. The number of hydrogen-bond donors (Lipinski definition) is 0. The summed E-state index contributed by atoms with van der Waals surface area (Å²) < 4.78 is 46.1. The van der Waals surface area contributed by atoms with Crippen molar-refractivity contribution in [3.63, 3.8) is 0 Å². The van der Waals surface area contributed by atoms with Crippen LogP contribution < -0.4 is 0 Å². The highest BCUT2D eigenvalue weighted by Gasteiger charge is 2.50. The fraction of sp³-hybridized carbons (Fsp3) is 0.235. The number of pyridine rings is 2. The number of cyclic esters (lactones) is 1. The first kappa shape index (κ1) is 18.8. The molecular weight excluding hydrogens is 385 g/mol. The highest BCUT2D eigenvalue weighted by Crippen LogP contribution is 2.46. The van der Waals surface area contributed by atoms with E-state index in [-0.39, 0.29) is 0 Å². The summed E-state index contributed by atoms with van der Waals surface area (Å²) in [6.07, 6.45) is 2.58. The molecule has 0 fully saturated rings. The van der Waals surface area contributed by atoms with E-state index in [4.69, 9.17) is 4.74 Å². The van der Waals surface area contributed by atoms with E-state index in [1.54, 1.807) is 31.5 Å². The number of alkyl halides is 3. The van der Waals surface area contributed by atoms with Gasteiger partial charge < -0.3 is 4.74 Å². The van der Waals surface area contributed by atoms with Gasteiger partial charge in [-0.1, -0.05) is 11.8 Å². The Labute approximate surface area is 156 Å². The van der Waals surface area contributed by atoms with Gasteiger partial charge in [0.1, 0.15) is 5.25 Å². The van der Waals surface area contributed by atoms with Crippen LogP contribution in [0.15, 0.2) is 70.5 Å². The van der Waals surface area contributed by atoms with Gasteiger partial charge in [0.05, 0.1) is 5.57 Å². The largest absolute Gasteiger partial charge is 0.440 e. The lowest BCUT2D eigenvalue weighted by Gasteiger charge is -2.20. The van der Waals surface area contributed by atoms with Gasteiger partial charge in [0.25, 0.3) is 0 Å². The van der Waals surface area contributed by atoms with E-state index >= 15 is 0 Å². The van der Waals surface area contributed by atoms with Gasteiger partial charge in [0.2, 0.25) is 0 Å². The van der Waals surface area contributed by atoms with E-state index in [1.165, 1.54) is 30.6 Å². The number of halogens is 3. The number of nitrogens with zero attached hydrogens (tertiary/aromatic N) is 2. The first-order chi connectivity index (χ1) is 12.3. The predicted molar refractivity (Wildman–Crippen MR) is 92.6 cm³/mol. The quantitative estimate of drug-likeness (QED) is 0.546. The second kappa shape index (κ2) is 7.32. The standard InChI is InChI=1S/C17H13F3N2O2S2/c1-16(26-12-4-8-22-9-5-12)10-13(15(23)24-16)14(17(18,19)20)25-11-2-6-21-7-3-11/h2-10,14H,1H3. The van der Waals surface area contributed by atoms with Gasteiger partial charge in [-0.15, -0.1) is 11.8 Å². The topological polar surface area (TPSA) is 52.1 Å². The molecule has 0 spiro atoms. The third-order valence-electron chi connectivity index (χ3n) is 3.40. The molecule has 136 valence electrons. The lowest BCUT2D eigenvalue weighted by Crippen LogP contribution is -2.30. The Bertz CT molecular complexity index is 816. The highest BCUT2D eigenvalue weighted by atomic mass is 32.2. The molecule has 2 aromatic rings. The Hall–Kier alpha value is -2.00. The second-order valence-corrected chi connectivity index (χ2v) is 8.18. The number of ether oxygens (including phenoxy) is 1. The van der Waals surface area contributed by atoms with Gasteiger partial charge in [0, 0.05) is 34.6 Å². The van der Waals surface area contributed by atoms with Gasteiger partial charge in [-0.2, -0.15) is 13.2 Å². The summed E-state index contributed by atoms with van der Waals surface area (Å²) in [5, 5.41) is -2.02. The third kappa shape index (κ3) is 4.39. The zero-order valence-electron chi connectivity index (χ0n) is 13.4. The molecule has 0 aromatic carbocycles. The summed E-state index contributed by atoms with van der Waals surface area (Å²) in [7, 11) is 0. The van der Waals surface area contributed by atoms with Gasteiger partial charge >= 0.3 is 12.1 Å². The first-order valence-corrected chi connectivity index (χ1v) is 9.15. The number of rotatable bonds is 5. The molecule has 3 heterocycles. The molecule has 0 N–H and O–H groups in total. The van der Waals surface area contributed by atoms with Gasteiger partial charge in [0.15, 0.2) is 4.93 Å². The molecule has 2 unspecified atom stereocenters. The Kier molecular flexibility index (Phi) is 5.29. The molecule has 0 radical (unpaired) electrons. The monoisotopic (exact) mass is 398 g/mol. The number of thioether (sulfide) groups is 2. The van der Waals surface area contributed by atoms with Crippen LogP contribution in [0.4, 0.5) is 13.2 Å². The van der Waals surface area contributed by atoms with Crippen molar-refractivity contribution in [2.75, 3.05) is 0 Å². The minimum absolute atomic E-state index is 0.367. The minimum Gasteiger partial charge on any atom is -0.440 e. The molecule has 9 heteroatoms. The Balaban J connectivity index is 1.89. The fourth-order valence-corrected chi connectivity index (χ4v) is 4.35. The number of carbonyl (C=O) groups excluding carboxylic acids is 1. The molecule has 0 amide bonds. The van der Waals surface area contributed by atoms with E-state index in [0.717, 1.165) is 16.7 Å². The number of esters is 1. The van der Waals surface area contributed by atoms with Crippen LogP contribution >= 0.6 is 23.5 Å². The minimum atomic E-state index is -4.61. The van der Waals surface area contributed by atoms with Crippen molar-refractivity contribution in [2.24, 2.45) is 0 Å². The summed E-state index contributed by atoms with van der Waals surface area (Å²) in [4.78, 5) is 19.8. The van der Waals surface area contributed by atoms with E-state index < -0.39 is 27.9 Å². The van der Waals surface area contributed by atoms with E-state index in [9.17, 15) is 18.0 Å². The smallest absolute Gasteiger partial charge is 0.405 e. The van der Waals surface area contributed by atoms with Crippen LogP contribution in [-0.2, 0) is 9.53 Å². The average Bonchev–Trinajstić information content (AvgIpc) is 2.87. The number of carbonyl (C=O) groups is 1. The molecule has 1 aliphatic heterocycles. The second-order valence-electron chi connectivity index (χ2n) is 5.51. The molecule has 4 nitrogen and oxygen atoms in total. The summed E-state index contributed by atoms with van der Waals surface area (Å²) >= 11 is 1.70. The molecule has 0 aliphatic carbocycles.